The van der Waals surface area contributed by atoms with Crippen LogP contribution < -0.4 is 0 Å². The Morgan fingerprint density at radius 1 is 1.28 bits per heavy atom. The van der Waals surface area contributed by atoms with Crippen molar-refractivity contribution in [1.82, 2.24) is 13.9 Å². The first-order valence-electron chi connectivity index (χ1n) is 8.53. The minimum Gasteiger partial charge on any atom is -0.379 e. The number of aromatic nitrogens is 2. The number of benzene rings is 1. The summed E-state index contributed by atoms with van der Waals surface area (Å²) in [5, 5.41) is 0. The second kappa shape index (κ2) is 7.27. The Labute approximate surface area is 149 Å². The smallest absolute Gasteiger partial charge is 0.214 e. The molecule has 1 aliphatic heterocycles. The maximum atomic E-state index is 12.3. The van der Waals surface area contributed by atoms with Crippen LogP contribution in [0.5, 0.6) is 0 Å². The molecule has 25 heavy (non-hydrogen) atoms. The van der Waals surface area contributed by atoms with Gasteiger partial charge in [0.15, 0.2) is 0 Å². The van der Waals surface area contributed by atoms with Crippen LogP contribution in [0.3, 0.4) is 0 Å². The van der Waals surface area contributed by atoms with E-state index >= 15 is 0 Å². The van der Waals surface area contributed by atoms with E-state index in [9.17, 15) is 8.42 Å². The van der Waals surface area contributed by atoms with Crippen molar-refractivity contribution in [1.29, 1.82) is 0 Å². The summed E-state index contributed by atoms with van der Waals surface area (Å²) in [5.41, 5.74) is 2.32. The van der Waals surface area contributed by atoms with E-state index in [1.807, 2.05) is 18.3 Å². The SMILES string of the molecule is CCc1ccccc1-c1nccn1[C@@H]1COC[C@H]1CS(=O)(=O)N(C)C. The molecule has 0 bridgehead atoms. The van der Waals surface area contributed by atoms with E-state index < -0.39 is 10.0 Å². The van der Waals surface area contributed by atoms with Crippen molar-refractivity contribution < 1.29 is 13.2 Å². The second-order valence-electron chi connectivity index (χ2n) is 6.59. The Hall–Kier alpha value is -1.70. The van der Waals surface area contributed by atoms with Crippen LogP contribution in [0.1, 0.15) is 18.5 Å². The van der Waals surface area contributed by atoms with Gasteiger partial charge in [0.2, 0.25) is 10.0 Å². The van der Waals surface area contributed by atoms with E-state index in [4.69, 9.17) is 4.74 Å². The minimum atomic E-state index is -3.28. The fourth-order valence-corrected chi connectivity index (χ4v) is 4.47. The molecular weight excluding hydrogens is 338 g/mol. The molecule has 3 rings (SSSR count). The van der Waals surface area contributed by atoms with Crippen LogP contribution >= 0.6 is 0 Å². The largest absolute Gasteiger partial charge is 0.379 e. The normalized spacial score (nSPS) is 21.1. The van der Waals surface area contributed by atoms with Crippen LogP contribution in [-0.2, 0) is 21.2 Å². The van der Waals surface area contributed by atoms with Gasteiger partial charge >= 0.3 is 0 Å². The lowest BCUT2D eigenvalue weighted by Crippen LogP contribution is -2.32. The van der Waals surface area contributed by atoms with Gasteiger partial charge in [0, 0.05) is 38.0 Å². The molecule has 6 nitrogen and oxygen atoms in total. The number of imidazole rings is 1. The van der Waals surface area contributed by atoms with Crippen molar-refractivity contribution in [2.75, 3.05) is 33.1 Å². The van der Waals surface area contributed by atoms with E-state index in [1.165, 1.54) is 9.87 Å². The van der Waals surface area contributed by atoms with Gasteiger partial charge in [0.1, 0.15) is 5.82 Å². The molecular formula is C18H25N3O3S. The maximum absolute atomic E-state index is 12.3. The summed E-state index contributed by atoms with van der Waals surface area (Å²) < 4.78 is 33.6. The average molecular weight is 363 g/mol. The zero-order valence-corrected chi connectivity index (χ0v) is 15.7. The van der Waals surface area contributed by atoms with Crippen molar-refractivity contribution in [3.8, 4) is 11.4 Å². The summed E-state index contributed by atoms with van der Waals surface area (Å²) in [6.45, 7) is 3.08. The van der Waals surface area contributed by atoms with E-state index in [0.29, 0.717) is 13.2 Å². The monoisotopic (exact) mass is 363 g/mol. The van der Waals surface area contributed by atoms with Crippen molar-refractivity contribution in [2.45, 2.75) is 19.4 Å². The number of ether oxygens (including phenoxy) is 1. The third-order valence-electron chi connectivity index (χ3n) is 4.81. The molecule has 0 aliphatic carbocycles. The first-order valence-corrected chi connectivity index (χ1v) is 10.1. The zero-order chi connectivity index (χ0) is 18.0. The van der Waals surface area contributed by atoms with Crippen molar-refractivity contribution in [3.63, 3.8) is 0 Å². The molecule has 1 saturated heterocycles. The molecule has 1 aliphatic rings. The second-order valence-corrected chi connectivity index (χ2v) is 8.82. The Kier molecular flexibility index (Phi) is 5.27. The molecule has 0 saturated carbocycles. The highest BCUT2D eigenvalue weighted by molar-refractivity contribution is 7.89. The Balaban J connectivity index is 1.94. The number of sulfonamides is 1. The van der Waals surface area contributed by atoms with Crippen LogP contribution in [0.4, 0.5) is 0 Å². The third kappa shape index (κ3) is 3.63. The molecule has 0 amide bonds. The van der Waals surface area contributed by atoms with E-state index in [1.54, 1.807) is 20.3 Å². The van der Waals surface area contributed by atoms with Gasteiger partial charge in [-0.05, 0) is 12.0 Å². The third-order valence-corrected chi connectivity index (χ3v) is 6.77. The summed E-state index contributed by atoms with van der Waals surface area (Å²) in [4.78, 5) is 4.55. The van der Waals surface area contributed by atoms with Crippen molar-refractivity contribution in [3.05, 3.63) is 42.2 Å². The lowest BCUT2D eigenvalue weighted by atomic mass is 10.0. The molecule has 2 heterocycles. The van der Waals surface area contributed by atoms with Crippen molar-refractivity contribution >= 4 is 10.0 Å². The Morgan fingerprint density at radius 3 is 2.76 bits per heavy atom. The van der Waals surface area contributed by atoms with Crippen LogP contribution in [0.2, 0.25) is 0 Å². The molecule has 2 atom stereocenters. The molecule has 0 spiro atoms. The summed E-state index contributed by atoms with van der Waals surface area (Å²) >= 11 is 0. The summed E-state index contributed by atoms with van der Waals surface area (Å²) in [6.07, 6.45) is 4.62. The van der Waals surface area contributed by atoms with Gasteiger partial charge in [0.05, 0.1) is 25.0 Å². The number of aryl methyl sites for hydroxylation is 1. The van der Waals surface area contributed by atoms with Gasteiger partial charge in [-0.3, -0.25) is 0 Å². The molecule has 0 radical (unpaired) electrons. The van der Waals surface area contributed by atoms with Crippen molar-refractivity contribution in [2.24, 2.45) is 5.92 Å². The van der Waals surface area contributed by atoms with Crippen LogP contribution in [0.15, 0.2) is 36.7 Å². The number of hydrogen-bond donors (Lipinski definition) is 0. The fraction of sp³-hybridized carbons (Fsp3) is 0.500. The van der Waals surface area contributed by atoms with Crippen LogP contribution in [0.25, 0.3) is 11.4 Å². The van der Waals surface area contributed by atoms with Gasteiger partial charge in [-0.2, -0.15) is 0 Å². The van der Waals surface area contributed by atoms with Crippen LogP contribution in [-0.4, -0.2) is 55.3 Å². The number of rotatable bonds is 6. The summed E-state index contributed by atoms with van der Waals surface area (Å²) in [7, 11) is -0.137. The molecule has 1 fully saturated rings. The maximum Gasteiger partial charge on any atom is 0.214 e. The van der Waals surface area contributed by atoms with E-state index in [0.717, 1.165) is 17.8 Å². The van der Waals surface area contributed by atoms with E-state index in [2.05, 4.69) is 28.6 Å². The van der Waals surface area contributed by atoms with Gasteiger partial charge < -0.3 is 9.30 Å². The summed E-state index contributed by atoms with van der Waals surface area (Å²) in [6, 6.07) is 8.18. The average Bonchev–Trinajstić information content (AvgIpc) is 3.22. The molecule has 136 valence electrons. The highest BCUT2D eigenvalue weighted by Gasteiger charge is 2.35. The molecule has 7 heteroatoms. The number of nitrogens with zero attached hydrogens (tertiary/aromatic N) is 3. The van der Waals surface area contributed by atoms with Crippen LogP contribution in [0, 0.1) is 5.92 Å². The molecule has 1 aromatic heterocycles. The molecule has 1 aromatic carbocycles. The fourth-order valence-electron chi connectivity index (χ4n) is 3.31. The first kappa shape index (κ1) is 18.1. The van der Waals surface area contributed by atoms with Gasteiger partial charge in [0.25, 0.3) is 0 Å². The standard InChI is InChI=1S/C18H25N3O3S/c1-4-14-7-5-6-8-16(14)18-19-9-10-21(18)17-12-24-11-15(17)13-25(22,23)20(2)3/h5-10,15,17H,4,11-13H2,1-3H3/t15-,17+/m0/s1. The van der Waals surface area contributed by atoms with Gasteiger partial charge in [-0.1, -0.05) is 31.2 Å². The molecule has 0 N–H and O–H groups in total. The topological polar surface area (TPSA) is 64.4 Å². The molecule has 2 aromatic rings. The number of hydrogen-bond acceptors (Lipinski definition) is 4. The van der Waals surface area contributed by atoms with E-state index in [-0.39, 0.29) is 17.7 Å². The Bertz CT molecular complexity index is 830. The first-order chi connectivity index (χ1) is 11.9. The van der Waals surface area contributed by atoms with Gasteiger partial charge in [-0.25, -0.2) is 17.7 Å². The van der Waals surface area contributed by atoms with Gasteiger partial charge in [-0.15, -0.1) is 0 Å². The molecule has 0 unspecified atom stereocenters. The lowest BCUT2D eigenvalue weighted by molar-refractivity contribution is 0.182. The Morgan fingerprint density at radius 2 is 2.04 bits per heavy atom. The quantitative estimate of drug-likeness (QED) is 0.789. The summed E-state index contributed by atoms with van der Waals surface area (Å²) in [5.74, 6) is 0.867. The zero-order valence-electron chi connectivity index (χ0n) is 14.9. The lowest BCUT2D eigenvalue weighted by Gasteiger charge is -2.23. The predicted octanol–water partition coefficient (Wildman–Crippen LogP) is 2.19. The minimum absolute atomic E-state index is 0.0304. The highest BCUT2D eigenvalue weighted by Crippen LogP contribution is 2.32. The predicted molar refractivity (Wildman–Crippen MR) is 97.9 cm³/mol. The highest BCUT2D eigenvalue weighted by atomic mass is 32.2.